The van der Waals surface area contributed by atoms with E-state index in [0.717, 1.165) is 12.8 Å². The fourth-order valence-corrected chi connectivity index (χ4v) is 3.04. The maximum Gasteiger partial charge on any atom is 0.359 e. The zero-order chi connectivity index (χ0) is 16.8. The molecule has 1 aliphatic carbocycles. The number of hydrogen-bond acceptors (Lipinski definition) is 4. The predicted molar refractivity (Wildman–Crippen MR) is 89.1 cm³/mol. The molecule has 1 aromatic rings. The second-order valence-corrected chi connectivity index (χ2v) is 6.63. The predicted octanol–water partition coefficient (Wildman–Crippen LogP) is 3.90. The molecule has 1 aromatic heterocycles. The van der Waals surface area contributed by atoms with Crippen molar-refractivity contribution in [2.45, 2.75) is 32.1 Å². The van der Waals surface area contributed by atoms with Crippen LogP contribution < -0.4 is 5.32 Å². The van der Waals surface area contributed by atoms with E-state index in [0.29, 0.717) is 12.5 Å². The Labute approximate surface area is 149 Å². The van der Waals surface area contributed by atoms with E-state index < -0.39 is 5.97 Å². The van der Waals surface area contributed by atoms with Crippen LogP contribution in [0, 0.1) is 5.92 Å². The van der Waals surface area contributed by atoms with Crippen LogP contribution in [0.1, 0.15) is 42.6 Å². The molecule has 2 rings (SSSR count). The third-order valence-electron chi connectivity index (χ3n) is 3.76. The second-order valence-electron chi connectivity index (χ2n) is 5.47. The highest BCUT2D eigenvalue weighted by Crippen LogP contribution is 2.31. The summed E-state index contributed by atoms with van der Waals surface area (Å²) in [4.78, 5) is 27.4. The third-order valence-corrected chi connectivity index (χ3v) is 5.00. The van der Waals surface area contributed by atoms with Crippen LogP contribution in [0.3, 0.4) is 0 Å². The first-order chi connectivity index (χ1) is 11.0. The number of halogens is 3. The van der Waals surface area contributed by atoms with Crippen molar-refractivity contribution >= 4 is 46.7 Å². The Bertz CT molecular complexity index is 590. The van der Waals surface area contributed by atoms with Crippen molar-refractivity contribution in [1.82, 2.24) is 10.3 Å². The molecule has 1 N–H and O–H groups in total. The van der Waals surface area contributed by atoms with E-state index in [2.05, 4.69) is 10.3 Å². The third kappa shape index (κ3) is 5.23. The summed E-state index contributed by atoms with van der Waals surface area (Å²) in [5.74, 6) is -0.656. The first-order valence-electron chi connectivity index (χ1n) is 7.42. The Hall–Kier alpha value is -1.04. The first-order valence-corrected chi connectivity index (χ1v) is 8.55. The summed E-state index contributed by atoms with van der Waals surface area (Å²) in [6.45, 7) is 0.228. The van der Waals surface area contributed by atoms with E-state index in [9.17, 15) is 9.59 Å². The van der Waals surface area contributed by atoms with Gasteiger partial charge in [-0.05, 0) is 18.8 Å². The summed E-state index contributed by atoms with van der Waals surface area (Å²) in [5, 5.41) is 2.85. The molecule has 0 spiro atoms. The summed E-state index contributed by atoms with van der Waals surface area (Å²) >= 11 is 17.5. The number of amides is 1. The van der Waals surface area contributed by atoms with Gasteiger partial charge in [0.15, 0.2) is 12.3 Å². The second kappa shape index (κ2) is 8.71. The maximum atomic E-state index is 11.9. The number of rotatable bonds is 5. The lowest BCUT2D eigenvalue weighted by Crippen LogP contribution is -2.33. The van der Waals surface area contributed by atoms with E-state index in [-0.39, 0.29) is 33.3 Å². The molecular formula is C15H17Cl3N2O3. The van der Waals surface area contributed by atoms with Gasteiger partial charge in [0, 0.05) is 12.7 Å². The molecule has 8 heteroatoms. The Kier molecular flexibility index (Phi) is 6.93. The molecule has 0 aliphatic heterocycles. The SMILES string of the molecule is O=C(COC(=O)c1ncc(Cl)c(Cl)c1Cl)NCC1CCCCC1. The lowest BCUT2D eigenvalue weighted by atomic mass is 9.89. The van der Waals surface area contributed by atoms with E-state index >= 15 is 0 Å². The number of hydrogen-bond donors (Lipinski definition) is 1. The van der Waals surface area contributed by atoms with Crippen molar-refractivity contribution in [3.05, 3.63) is 27.0 Å². The lowest BCUT2D eigenvalue weighted by Gasteiger charge is -2.21. The van der Waals surface area contributed by atoms with Gasteiger partial charge in [0.05, 0.1) is 15.1 Å². The Morgan fingerprint density at radius 3 is 2.57 bits per heavy atom. The Morgan fingerprint density at radius 1 is 1.17 bits per heavy atom. The number of nitrogens with zero attached hydrogens (tertiary/aromatic N) is 1. The topological polar surface area (TPSA) is 68.3 Å². The van der Waals surface area contributed by atoms with Gasteiger partial charge in [-0.25, -0.2) is 9.78 Å². The van der Waals surface area contributed by atoms with Gasteiger partial charge in [-0.1, -0.05) is 54.1 Å². The van der Waals surface area contributed by atoms with Gasteiger partial charge >= 0.3 is 5.97 Å². The highest BCUT2D eigenvalue weighted by atomic mass is 35.5. The average molecular weight is 380 g/mol. The Balaban J connectivity index is 1.79. The molecule has 0 unspecified atom stereocenters. The summed E-state index contributed by atoms with van der Waals surface area (Å²) in [6, 6.07) is 0. The number of esters is 1. The smallest absolute Gasteiger partial charge is 0.359 e. The standard InChI is InChI=1S/C15H17Cl3N2O3/c16-10-7-20-14(13(18)12(10)17)15(22)23-8-11(21)19-6-9-4-2-1-3-5-9/h7,9H,1-6,8H2,(H,19,21). The van der Waals surface area contributed by atoms with Crippen molar-refractivity contribution in [2.24, 2.45) is 5.92 Å². The van der Waals surface area contributed by atoms with Crippen molar-refractivity contribution < 1.29 is 14.3 Å². The number of carbonyl (C=O) groups excluding carboxylic acids is 2. The van der Waals surface area contributed by atoms with Crippen LogP contribution in [0.2, 0.25) is 15.1 Å². The quantitative estimate of drug-likeness (QED) is 0.788. The maximum absolute atomic E-state index is 11.9. The molecule has 1 fully saturated rings. The number of pyridine rings is 1. The normalized spacial score (nSPS) is 15.3. The van der Waals surface area contributed by atoms with Crippen molar-refractivity contribution in [3.63, 3.8) is 0 Å². The molecular weight excluding hydrogens is 363 g/mol. The van der Waals surface area contributed by atoms with Gasteiger partial charge in [0.1, 0.15) is 0 Å². The van der Waals surface area contributed by atoms with Crippen molar-refractivity contribution in [1.29, 1.82) is 0 Å². The van der Waals surface area contributed by atoms with Gasteiger partial charge in [-0.2, -0.15) is 0 Å². The monoisotopic (exact) mass is 378 g/mol. The van der Waals surface area contributed by atoms with Gasteiger partial charge in [-0.3, -0.25) is 4.79 Å². The van der Waals surface area contributed by atoms with Crippen LogP contribution >= 0.6 is 34.8 Å². The van der Waals surface area contributed by atoms with Crippen LogP contribution in [-0.4, -0.2) is 30.0 Å². The fourth-order valence-electron chi connectivity index (χ4n) is 2.49. The van der Waals surface area contributed by atoms with E-state index in [4.69, 9.17) is 39.5 Å². The molecule has 0 radical (unpaired) electrons. The van der Waals surface area contributed by atoms with E-state index in [1.807, 2.05) is 0 Å². The number of nitrogens with one attached hydrogen (secondary N) is 1. The highest BCUT2D eigenvalue weighted by molar-refractivity contribution is 6.48. The zero-order valence-corrected chi connectivity index (χ0v) is 14.7. The molecule has 1 amide bonds. The molecule has 0 aromatic carbocycles. The van der Waals surface area contributed by atoms with Gasteiger partial charge in [-0.15, -0.1) is 0 Å². The van der Waals surface area contributed by atoms with E-state index in [1.54, 1.807) is 0 Å². The summed E-state index contributed by atoms with van der Waals surface area (Å²) in [6.07, 6.45) is 7.13. The molecule has 0 saturated heterocycles. The van der Waals surface area contributed by atoms with Crippen molar-refractivity contribution in [2.75, 3.05) is 13.2 Å². The van der Waals surface area contributed by atoms with Gasteiger partial charge < -0.3 is 10.1 Å². The van der Waals surface area contributed by atoms with E-state index in [1.165, 1.54) is 25.5 Å². The summed E-state index contributed by atoms with van der Waals surface area (Å²) < 4.78 is 4.91. The lowest BCUT2D eigenvalue weighted by molar-refractivity contribution is -0.124. The average Bonchev–Trinajstić information content (AvgIpc) is 2.57. The van der Waals surface area contributed by atoms with Crippen molar-refractivity contribution in [3.8, 4) is 0 Å². The minimum atomic E-state index is -0.818. The van der Waals surface area contributed by atoms with Crippen LogP contribution in [0.25, 0.3) is 0 Å². The molecule has 5 nitrogen and oxygen atoms in total. The van der Waals surface area contributed by atoms with Gasteiger partial charge in [0.25, 0.3) is 5.91 Å². The molecule has 1 heterocycles. The van der Waals surface area contributed by atoms with Crippen LogP contribution in [-0.2, 0) is 9.53 Å². The minimum Gasteiger partial charge on any atom is -0.451 e. The number of aromatic nitrogens is 1. The fraction of sp³-hybridized carbons (Fsp3) is 0.533. The highest BCUT2D eigenvalue weighted by Gasteiger charge is 2.20. The van der Waals surface area contributed by atoms with Gasteiger partial charge in [0.2, 0.25) is 0 Å². The molecule has 1 aliphatic rings. The summed E-state index contributed by atoms with van der Waals surface area (Å²) in [7, 11) is 0. The van der Waals surface area contributed by atoms with Crippen LogP contribution in [0.4, 0.5) is 0 Å². The number of ether oxygens (including phenoxy) is 1. The van der Waals surface area contributed by atoms with Crippen LogP contribution in [0.5, 0.6) is 0 Å². The van der Waals surface area contributed by atoms with Crippen LogP contribution in [0.15, 0.2) is 6.20 Å². The molecule has 23 heavy (non-hydrogen) atoms. The minimum absolute atomic E-state index is 0.0250. The first kappa shape index (κ1) is 18.3. The summed E-state index contributed by atoms with van der Waals surface area (Å²) in [5.41, 5.74) is -0.166. The molecule has 126 valence electrons. The zero-order valence-electron chi connectivity index (χ0n) is 12.4. The molecule has 0 bridgehead atoms. The Morgan fingerprint density at radius 2 is 1.87 bits per heavy atom. The number of carbonyl (C=O) groups is 2. The molecule has 1 saturated carbocycles. The molecule has 0 atom stereocenters. The largest absolute Gasteiger partial charge is 0.451 e.